The van der Waals surface area contributed by atoms with E-state index < -0.39 is 0 Å². The van der Waals surface area contributed by atoms with E-state index in [4.69, 9.17) is 14.4 Å². The van der Waals surface area contributed by atoms with E-state index in [1.54, 1.807) is 0 Å². The second-order valence-electron chi connectivity index (χ2n) is 12.7. The molecule has 0 saturated carbocycles. The van der Waals surface area contributed by atoms with Gasteiger partial charge >= 0.3 is 0 Å². The third kappa shape index (κ3) is 4.63. The lowest BCUT2D eigenvalue weighted by atomic mass is 9.96. The number of aromatic nitrogens is 1. The minimum atomic E-state index is -0.309. The second-order valence-corrected chi connectivity index (χ2v) is 12.7. The molecule has 2 aromatic heterocycles. The smallest absolute Gasteiger partial charge is 0.159 e. The molecule has 1 N–H and O–H groups in total. The first kappa shape index (κ1) is 28.3. The highest BCUT2D eigenvalue weighted by Crippen LogP contribution is 2.39. The predicted octanol–water partition coefficient (Wildman–Crippen LogP) is 10.8. The van der Waals surface area contributed by atoms with Crippen LogP contribution in [-0.4, -0.2) is 16.2 Å². The Labute approximate surface area is 288 Å². The van der Waals surface area contributed by atoms with Crippen LogP contribution < -0.4 is 5.32 Å². The molecule has 5 heteroatoms. The van der Waals surface area contributed by atoms with Gasteiger partial charge < -0.3 is 14.3 Å². The summed E-state index contributed by atoms with van der Waals surface area (Å²) < 4.78 is 8.92. The first-order valence-corrected chi connectivity index (χ1v) is 16.9. The van der Waals surface area contributed by atoms with Crippen LogP contribution in [0.1, 0.15) is 22.9 Å². The quantitative estimate of drug-likeness (QED) is 0.203. The van der Waals surface area contributed by atoms with Crippen molar-refractivity contribution in [1.82, 2.24) is 9.88 Å². The normalized spacial score (nSPS) is 14.6. The molecule has 1 aliphatic heterocycles. The van der Waals surface area contributed by atoms with Gasteiger partial charge in [0, 0.05) is 38.4 Å². The van der Waals surface area contributed by atoms with Crippen molar-refractivity contribution in [2.75, 3.05) is 0 Å². The van der Waals surface area contributed by atoms with Gasteiger partial charge in [0.1, 0.15) is 23.2 Å². The van der Waals surface area contributed by atoms with E-state index in [1.807, 2.05) is 48.5 Å². The van der Waals surface area contributed by atoms with Crippen molar-refractivity contribution in [3.8, 4) is 16.8 Å². The number of para-hydroxylation sites is 3. The maximum absolute atomic E-state index is 6.57. The molecule has 0 bridgehead atoms. The lowest BCUT2D eigenvalue weighted by molar-refractivity contribution is 0.668. The SMILES string of the molecule is c1ccc(C2=NC(c3ccccc3)NC(c3cc(-c4ccc5c(c4)c4ccccc4n5-c4ccccc4)cc4oc5ccccc5c34)=N2)cc1. The summed E-state index contributed by atoms with van der Waals surface area (Å²) in [6.45, 7) is 0. The van der Waals surface area contributed by atoms with E-state index >= 15 is 0 Å². The first-order valence-electron chi connectivity index (χ1n) is 16.9. The zero-order valence-electron chi connectivity index (χ0n) is 27.0. The number of furan rings is 1. The van der Waals surface area contributed by atoms with E-state index in [0.717, 1.165) is 61.3 Å². The largest absolute Gasteiger partial charge is 0.456 e. The maximum atomic E-state index is 6.57. The summed E-state index contributed by atoms with van der Waals surface area (Å²) in [5.41, 5.74) is 10.3. The molecule has 0 saturated heterocycles. The van der Waals surface area contributed by atoms with Crippen LogP contribution in [0.25, 0.3) is 60.6 Å². The molecule has 236 valence electrons. The number of nitrogens with one attached hydrogen (secondary N) is 1. The maximum Gasteiger partial charge on any atom is 0.159 e. The molecule has 5 nitrogen and oxygen atoms in total. The van der Waals surface area contributed by atoms with Crippen LogP contribution in [-0.2, 0) is 0 Å². The molecule has 10 rings (SSSR count). The van der Waals surface area contributed by atoms with Crippen molar-refractivity contribution in [3.63, 3.8) is 0 Å². The Kier molecular flexibility index (Phi) is 6.49. The number of rotatable bonds is 5. The Balaban J connectivity index is 1.20. The first-order chi connectivity index (χ1) is 24.8. The number of aliphatic imine (C=N–C) groups is 2. The molecule has 9 aromatic rings. The Morgan fingerprint density at radius 3 is 2.02 bits per heavy atom. The second kappa shape index (κ2) is 11.5. The van der Waals surface area contributed by atoms with Gasteiger partial charge in [0.25, 0.3) is 0 Å². The van der Waals surface area contributed by atoms with Crippen molar-refractivity contribution >= 4 is 55.4 Å². The van der Waals surface area contributed by atoms with E-state index in [9.17, 15) is 0 Å². The van der Waals surface area contributed by atoms with Gasteiger partial charge in [-0.05, 0) is 65.2 Å². The van der Waals surface area contributed by atoms with Crippen molar-refractivity contribution in [1.29, 1.82) is 0 Å². The van der Waals surface area contributed by atoms with Crippen LogP contribution in [0.4, 0.5) is 0 Å². The minimum Gasteiger partial charge on any atom is -0.456 e. The number of nitrogens with zero attached hydrogens (tertiary/aromatic N) is 3. The highest BCUT2D eigenvalue weighted by atomic mass is 16.3. The molecule has 1 aliphatic rings. The van der Waals surface area contributed by atoms with E-state index in [1.165, 1.54) is 21.8 Å². The molecular weight excluding hydrogens is 613 g/mol. The monoisotopic (exact) mass is 642 g/mol. The van der Waals surface area contributed by atoms with Crippen LogP contribution in [0.15, 0.2) is 184 Å². The minimum absolute atomic E-state index is 0.309. The fraction of sp³-hybridized carbons (Fsp3) is 0.0222. The fourth-order valence-corrected chi connectivity index (χ4v) is 7.32. The summed E-state index contributed by atoms with van der Waals surface area (Å²) in [7, 11) is 0. The Bertz CT molecular complexity index is 2780. The molecule has 1 atom stereocenters. The van der Waals surface area contributed by atoms with Crippen LogP contribution in [0.2, 0.25) is 0 Å². The number of fused-ring (bicyclic) bond motifs is 6. The van der Waals surface area contributed by atoms with Crippen LogP contribution in [0.5, 0.6) is 0 Å². The van der Waals surface area contributed by atoms with Crippen molar-refractivity contribution in [3.05, 3.63) is 187 Å². The molecule has 1 unspecified atom stereocenters. The van der Waals surface area contributed by atoms with Gasteiger partial charge in [0.2, 0.25) is 0 Å². The van der Waals surface area contributed by atoms with Crippen molar-refractivity contribution in [2.45, 2.75) is 6.17 Å². The number of amidine groups is 2. The van der Waals surface area contributed by atoms with E-state index in [-0.39, 0.29) is 6.17 Å². The highest BCUT2D eigenvalue weighted by molar-refractivity contribution is 6.22. The zero-order chi connectivity index (χ0) is 33.0. The third-order valence-electron chi connectivity index (χ3n) is 9.64. The summed E-state index contributed by atoms with van der Waals surface area (Å²) >= 11 is 0. The van der Waals surface area contributed by atoms with Crippen LogP contribution in [0.3, 0.4) is 0 Å². The van der Waals surface area contributed by atoms with Gasteiger partial charge in [-0.15, -0.1) is 0 Å². The molecule has 7 aromatic carbocycles. The van der Waals surface area contributed by atoms with Crippen LogP contribution >= 0.6 is 0 Å². The van der Waals surface area contributed by atoms with Gasteiger partial charge in [-0.2, -0.15) is 0 Å². The van der Waals surface area contributed by atoms with E-state index in [2.05, 4.69) is 131 Å². The average molecular weight is 643 g/mol. The predicted molar refractivity (Wildman–Crippen MR) is 205 cm³/mol. The molecule has 3 heterocycles. The summed E-state index contributed by atoms with van der Waals surface area (Å²) in [5, 5.41) is 8.19. The van der Waals surface area contributed by atoms with E-state index in [0.29, 0.717) is 5.84 Å². The topological polar surface area (TPSA) is 54.8 Å². The number of benzene rings is 7. The summed E-state index contributed by atoms with van der Waals surface area (Å²) in [5.74, 6) is 1.45. The highest BCUT2D eigenvalue weighted by Gasteiger charge is 2.25. The fourth-order valence-electron chi connectivity index (χ4n) is 7.32. The molecule has 50 heavy (non-hydrogen) atoms. The Morgan fingerprint density at radius 1 is 0.520 bits per heavy atom. The van der Waals surface area contributed by atoms with Gasteiger partial charge in [-0.25, -0.2) is 9.98 Å². The summed E-state index contributed by atoms with van der Waals surface area (Å²) in [6, 6.07) is 59.1. The van der Waals surface area contributed by atoms with Gasteiger partial charge in [0.05, 0.1) is 11.0 Å². The number of hydrogen-bond donors (Lipinski definition) is 1. The standard InChI is InChI=1S/C45H30N4O/c1-4-14-29(15-5-1)43-46-44(30-16-6-2-7-17-30)48-45(47-43)37-27-32(28-41-42(37)35-21-11-13-23-40(35)50-41)31-24-25-39-36(26-31)34-20-10-12-22-38(34)49(39)33-18-8-3-9-19-33/h1-28,43H,(H,46,47,48). The molecule has 0 spiro atoms. The molecule has 0 amide bonds. The van der Waals surface area contributed by atoms with Gasteiger partial charge in [-0.3, -0.25) is 0 Å². The lowest BCUT2D eigenvalue weighted by Gasteiger charge is -2.24. The average Bonchev–Trinajstić information content (AvgIpc) is 3.74. The van der Waals surface area contributed by atoms with Crippen molar-refractivity contribution < 1.29 is 4.42 Å². The van der Waals surface area contributed by atoms with Gasteiger partial charge in [0.15, 0.2) is 5.84 Å². The molecule has 0 aliphatic carbocycles. The summed E-state index contributed by atoms with van der Waals surface area (Å²) in [6.07, 6.45) is -0.309. The molecule has 0 fully saturated rings. The zero-order valence-corrected chi connectivity index (χ0v) is 27.0. The number of hydrogen-bond acceptors (Lipinski definition) is 4. The van der Waals surface area contributed by atoms with Crippen LogP contribution in [0, 0.1) is 0 Å². The van der Waals surface area contributed by atoms with Crippen molar-refractivity contribution in [2.24, 2.45) is 9.98 Å². The molecule has 0 radical (unpaired) electrons. The molecular formula is C45H30N4O. The van der Waals surface area contributed by atoms with Gasteiger partial charge in [-0.1, -0.05) is 121 Å². The summed E-state index contributed by atoms with van der Waals surface area (Å²) in [4.78, 5) is 10.3. The Hall–Kier alpha value is -6.72. The lowest BCUT2D eigenvalue weighted by Crippen LogP contribution is -2.33. The third-order valence-corrected chi connectivity index (χ3v) is 9.64. The Morgan fingerprint density at radius 2 is 1.20 bits per heavy atom.